The number of anilines is 2. The molecule has 0 aliphatic rings. The van der Waals surface area contributed by atoms with Gasteiger partial charge in [-0.2, -0.15) is 0 Å². The highest BCUT2D eigenvalue weighted by Crippen LogP contribution is 2.21. The molecule has 0 spiro atoms. The van der Waals surface area contributed by atoms with E-state index in [1.165, 1.54) is 12.3 Å². The van der Waals surface area contributed by atoms with Crippen molar-refractivity contribution in [3.05, 3.63) is 76.2 Å². The molecule has 0 saturated heterocycles. The van der Waals surface area contributed by atoms with Crippen molar-refractivity contribution in [2.45, 2.75) is 45.1 Å². The number of nitrogens with zero attached hydrogens (tertiary/aromatic N) is 1. The van der Waals surface area contributed by atoms with Crippen LogP contribution in [0.5, 0.6) is 0 Å². The molecule has 1 atom stereocenters. The van der Waals surface area contributed by atoms with E-state index in [4.69, 9.17) is 14.0 Å². The third-order valence-corrected chi connectivity index (χ3v) is 4.94. The normalized spacial score (nSPS) is 15.4. The Hall–Kier alpha value is -2.70. The summed E-state index contributed by atoms with van der Waals surface area (Å²) in [5.74, 6) is -0.838. The van der Waals surface area contributed by atoms with E-state index in [0.717, 1.165) is 23.3 Å². The van der Waals surface area contributed by atoms with Gasteiger partial charge in [-0.05, 0) is 49.4 Å². The minimum atomic E-state index is -2.32. The number of rotatable bonds is 9. The van der Waals surface area contributed by atoms with Crippen molar-refractivity contribution < 1.29 is 18.1 Å². The lowest BCUT2D eigenvalue weighted by molar-refractivity contribution is -0.115. The Labute approximate surface area is 184 Å². The molecule has 4 N–H and O–H groups in total. The molecule has 0 bridgehead atoms. The topological polar surface area (TPSA) is 88.2 Å². The second-order valence-corrected chi connectivity index (χ2v) is 7.54. The highest BCUT2D eigenvalue weighted by atomic mass is 32.1. The summed E-state index contributed by atoms with van der Waals surface area (Å²) >= 11 is 1.07. The molecule has 152 valence electrons. The molecule has 3 rings (SSSR count). The lowest BCUT2D eigenvalue weighted by Gasteiger charge is -2.11. The Morgan fingerprint density at radius 2 is 2.00 bits per heavy atom. The van der Waals surface area contributed by atoms with Gasteiger partial charge in [0.05, 0.1) is 23.7 Å². The van der Waals surface area contributed by atoms with Crippen molar-refractivity contribution in [3.8, 4) is 0 Å². The van der Waals surface area contributed by atoms with E-state index in [0.29, 0.717) is 24.9 Å². The third-order valence-electron chi connectivity index (χ3n) is 4.27. The minimum absolute atomic E-state index is 0.0325. The average Bonchev–Trinajstić information content (AvgIpc) is 3.27. The number of thiazole rings is 1. The number of nitrogen functional groups attached to an aromatic ring is 1. The third kappa shape index (κ3) is 6.69. The number of carbonyl (C=O) groups is 1. The van der Waals surface area contributed by atoms with Crippen LogP contribution in [0.2, 0.25) is 0 Å². The standard InChI is InChI=1S/C23H27N3O2S/c1-16-6-10-18(11-7-16)21(27)5-3-2-4-17-8-12-19(13-9-17)25-22(28)14-20-15-29-23(24)26-20/h6-13,15,21,27H,2-5,14H2,1H3,(H2,24,26)(H,25,28)/t21-/m0/s1/i6D,7D,10D,11D,14D2. The molecule has 1 amide bonds. The molecule has 3 aromatic rings. The van der Waals surface area contributed by atoms with Gasteiger partial charge in [0.1, 0.15) is 0 Å². The molecule has 0 aliphatic carbocycles. The number of aryl methyl sites for hydroxylation is 1. The van der Waals surface area contributed by atoms with Gasteiger partial charge >= 0.3 is 0 Å². The average molecular weight is 416 g/mol. The molecular formula is C23H27N3O2S. The van der Waals surface area contributed by atoms with Gasteiger partial charge in [-0.25, -0.2) is 4.98 Å². The first kappa shape index (κ1) is 14.3. The van der Waals surface area contributed by atoms with Crippen LogP contribution in [-0.4, -0.2) is 16.0 Å². The predicted octanol–water partition coefficient (Wildman–Crippen LogP) is 4.66. The van der Waals surface area contributed by atoms with Gasteiger partial charge in [0, 0.05) is 13.8 Å². The smallest absolute Gasteiger partial charge is 0.230 e. The van der Waals surface area contributed by atoms with E-state index in [9.17, 15) is 9.90 Å². The minimum Gasteiger partial charge on any atom is -0.388 e. The number of nitrogens with one attached hydrogen (secondary N) is 1. The van der Waals surface area contributed by atoms with Gasteiger partial charge in [-0.15, -0.1) is 11.3 Å². The SMILES string of the molecule is [2H]c1c([2H])c([C@@H](O)CCCCc2ccc(NC(=O)C([2H])([2H])c3csc(N)n3)cc2)c([2H])c([2H])c1C. The van der Waals surface area contributed by atoms with Crippen molar-refractivity contribution in [3.63, 3.8) is 0 Å². The summed E-state index contributed by atoms with van der Waals surface area (Å²) in [7, 11) is 0. The Morgan fingerprint density at radius 3 is 2.66 bits per heavy atom. The molecule has 0 saturated carbocycles. The van der Waals surface area contributed by atoms with Crippen LogP contribution in [0.3, 0.4) is 0 Å². The molecule has 0 radical (unpaired) electrons. The first-order valence-corrected chi connectivity index (χ1v) is 10.2. The number of nitrogens with two attached hydrogens (primary N) is 1. The lowest BCUT2D eigenvalue weighted by Crippen LogP contribution is -2.14. The predicted molar refractivity (Wildman–Crippen MR) is 119 cm³/mol. The van der Waals surface area contributed by atoms with E-state index >= 15 is 0 Å². The summed E-state index contributed by atoms with van der Waals surface area (Å²) in [5, 5.41) is 14.7. The second-order valence-electron chi connectivity index (χ2n) is 6.65. The zero-order chi connectivity index (χ0) is 25.9. The largest absolute Gasteiger partial charge is 0.388 e. The number of hydrogen-bond donors (Lipinski definition) is 3. The van der Waals surface area contributed by atoms with E-state index in [1.54, 1.807) is 12.1 Å². The maximum absolute atomic E-state index is 12.4. The number of unbranched alkanes of at least 4 members (excludes halogenated alkanes) is 1. The summed E-state index contributed by atoms with van der Waals surface area (Å²) in [6.07, 6.45) is -1.05. The maximum atomic E-state index is 12.4. The second kappa shape index (κ2) is 10.2. The number of carbonyl (C=O) groups excluding carboxylic acids is 1. The molecule has 29 heavy (non-hydrogen) atoms. The number of benzene rings is 2. The summed E-state index contributed by atoms with van der Waals surface area (Å²) in [6, 6.07) is 6.36. The summed E-state index contributed by atoms with van der Waals surface area (Å²) in [5.41, 5.74) is 7.24. The Morgan fingerprint density at radius 1 is 1.28 bits per heavy atom. The van der Waals surface area contributed by atoms with Crippen LogP contribution >= 0.6 is 11.3 Å². The fourth-order valence-corrected chi connectivity index (χ4v) is 3.24. The molecule has 2 aromatic carbocycles. The van der Waals surface area contributed by atoms with Crippen molar-refractivity contribution in [1.29, 1.82) is 0 Å². The van der Waals surface area contributed by atoms with Crippen LogP contribution < -0.4 is 11.1 Å². The molecule has 1 aromatic heterocycles. The summed E-state index contributed by atoms with van der Waals surface area (Å²) in [4.78, 5) is 16.3. The fourth-order valence-electron chi connectivity index (χ4n) is 2.74. The van der Waals surface area contributed by atoms with E-state index < -0.39 is 18.4 Å². The Balaban J connectivity index is 1.52. The van der Waals surface area contributed by atoms with Gasteiger partial charge in [0.2, 0.25) is 5.91 Å². The van der Waals surface area contributed by atoms with E-state index in [2.05, 4.69) is 10.3 Å². The van der Waals surface area contributed by atoms with Crippen LogP contribution in [0.1, 0.15) is 56.0 Å². The number of aliphatic hydroxyl groups is 1. The van der Waals surface area contributed by atoms with E-state index in [-0.39, 0.29) is 46.1 Å². The number of hydrogen-bond acceptors (Lipinski definition) is 5. The number of aromatic nitrogens is 1. The Bertz CT molecular complexity index is 1190. The van der Waals surface area contributed by atoms with Crippen LogP contribution in [0.4, 0.5) is 10.8 Å². The van der Waals surface area contributed by atoms with Crippen LogP contribution in [0.25, 0.3) is 0 Å². The van der Waals surface area contributed by atoms with Crippen LogP contribution in [0, 0.1) is 6.92 Å². The fraction of sp³-hybridized carbons (Fsp3) is 0.304. The monoisotopic (exact) mass is 415 g/mol. The van der Waals surface area contributed by atoms with Crippen molar-refractivity contribution in [2.75, 3.05) is 11.1 Å². The zero-order valence-corrected chi connectivity index (χ0v) is 16.9. The number of aliphatic hydroxyl groups excluding tert-OH is 1. The Kier molecular flexibility index (Phi) is 5.03. The highest BCUT2D eigenvalue weighted by molar-refractivity contribution is 7.13. The van der Waals surface area contributed by atoms with Gasteiger partial charge in [-0.1, -0.05) is 48.3 Å². The zero-order valence-electron chi connectivity index (χ0n) is 22.1. The number of amides is 1. The van der Waals surface area contributed by atoms with Gasteiger partial charge < -0.3 is 16.2 Å². The van der Waals surface area contributed by atoms with Crippen LogP contribution in [-0.2, 0) is 17.6 Å². The van der Waals surface area contributed by atoms with Gasteiger partial charge in [0.15, 0.2) is 5.13 Å². The molecule has 0 fully saturated rings. The highest BCUT2D eigenvalue weighted by Gasteiger charge is 2.08. The lowest BCUT2D eigenvalue weighted by atomic mass is 10.0. The van der Waals surface area contributed by atoms with Gasteiger partial charge in [0.25, 0.3) is 0 Å². The van der Waals surface area contributed by atoms with E-state index in [1.807, 2.05) is 12.1 Å². The molecule has 5 nitrogen and oxygen atoms in total. The molecule has 0 unspecified atom stereocenters. The van der Waals surface area contributed by atoms with Crippen molar-refractivity contribution in [1.82, 2.24) is 4.98 Å². The molecule has 6 heteroatoms. The first-order chi connectivity index (χ1) is 16.4. The molecule has 0 aliphatic heterocycles. The molecule has 1 heterocycles. The van der Waals surface area contributed by atoms with Crippen LogP contribution in [0.15, 0.2) is 53.8 Å². The van der Waals surface area contributed by atoms with Crippen molar-refractivity contribution >= 4 is 28.1 Å². The maximum Gasteiger partial charge on any atom is 0.230 e. The molecular weight excluding hydrogens is 382 g/mol. The van der Waals surface area contributed by atoms with Gasteiger partial charge in [-0.3, -0.25) is 4.79 Å². The summed E-state index contributed by atoms with van der Waals surface area (Å²) in [6.45, 7) is 1.53. The quantitative estimate of drug-likeness (QED) is 0.444. The summed E-state index contributed by atoms with van der Waals surface area (Å²) < 4.78 is 48.0. The first-order valence-electron chi connectivity index (χ1n) is 12.3. The van der Waals surface area contributed by atoms with Crippen molar-refractivity contribution in [2.24, 2.45) is 0 Å².